The number of carbonyl (C=O) groups excluding carboxylic acids is 2. The van der Waals surface area contributed by atoms with Crippen molar-refractivity contribution in [3.05, 3.63) is 65.2 Å². The zero-order valence-electron chi connectivity index (χ0n) is 10.5. The molecule has 0 spiro atoms. The molecule has 0 aliphatic rings. The molecule has 0 fully saturated rings. The van der Waals surface area contributed by atoms with E-state index in [4.69, 9.17) is 4.74 Å². The second-order valence-electron chi connectivity index (χ2n) is 4.07. The van der Waals surface area contributed by atoms with Crippen LogP contribution in [0.2, 0.25) is 0 Å². The van der Waals surface area contributed by atoms with Crippen molar-refractivity contribution in [1.82, 2.24) is 0 Å². The van der Waals surface area contributed by atoms with Crippen molar-refractivity contribution in [2.24, 2.45) is 0 Å². The smallest absolute Gasteiger partial charge is 0.308 e. The first kappa shape index (κ1) is 13.9. The van der Waals surface area contributed by atoms with Crippen molar-refractivity contribution in [3.8, 4) is 5.75 Å². The van der Waals surface area contributed by atoms with Gasteiger partial charge in [0.15, 0.2) is 5.78 Å². The topological polar surface area (TPSA) is 43.4 Å². The Morgan fingerprint density at radius 3 is 2.50 bits per heavy atom. The molecule has 0 saturated carbocycles. The van der Waals surface area contributed by atoms with Gasteiger partial charge in [0.1, 0.15) is 17.4 Å². The molecule has 0 saturated heterocycles. The van der Waals surface area contributed by atoms with Gasteiger partial charge in [-0.3, -0.25) is 9.59 Å². The van der Waals surface area contributed by atoms with E-state index in [1.165, 1.54) is 31.2 Å². The van der Waals surface area contributed by atoms with Crippen LogP contribution in [0.25, 0.3) is 0 Å². The van der Waals surface area contributed by atoms with E-state index in [2.05, 4.69) is 0 Å². The molecule has 2 rings (SSSR count). The molecule has 0 aliphatic heterocycles. The predicted octanol–water partition coefficient (Wildman–Crippen LogP) is 3.12. The van der Waals surface area contributed by atoms with E-state index in [1.54, 1.807) is 0 Å². The Bertz CT molecular complexity index is 681. The Morgan fingerprint density at radius 2 is 1.80 bits per heavy atom. The fourth-order valence-electron chi connectivity index (χ4n) is 1.69. The van der Waals surface area contributed by atoms with Gasteiger partial charge in [-0.25, -0.2) is 8.78 Å². The molecule has 0 heterocycles. The van der Waals surface area contributed by atoms with Crippen LogP contribution in [0.5, 0.6) is 5.75 Å². The molecular weight excluding hydrogens is 266 g/mol. The summed E-state index contributed by atoms with van der Waals surface area (Å²) in [5.74, 6) is -2.57. The van der Waals surface area contributed by atoms with Gasteiger partial charge in [0.25, 0.3) is 0 Å². The third-order valence-electron chi connectivity index (χ3n) is 2.53. The molecule has 0 bridgehead atoms. The number of halogens is 2. The number of hydrogen-bond acceptors (Lipinski definition) is 3. The second-order valence-corrected chi connectivity index (χ2v) is 4.07. The maximum absolute atomic E-state index is 13.5. The van der Waals surface area contributed by atoms with E-state index < -0.39 is 23.4 Å². The van der Waals surface area contributed by atoms with Crippen molar-refractivity contribution in [1.29, 1.82) is 0 Å². The molecule has 20 heavy (non-hydrogen) atoms. The Hall–Kier alpha value is -2.56. The molecule has 0 N–H and O–H groups in total. The maximum Gasteiger partial charge on any atom is 0.308 e. The number of esters is 1. The monoisotopic (exact) mass is 276 g/mol. The molecule has 0 atom stereocenters. The molecule has 102 valence electrons. The van der Waals surface area contributed by atoms with Crippen LogP contribution in [-0.4, -0.2) is 11.8 Å². The van der Waals surface area contributed by atoms with Crippen LogP contribution in [-0.2, 0) is 4.79 Å². The lowest BCUT2D eigenvalue weighted by Gasteiger charge is -2.05. The van der Waals surface area contributed by atoms with Crippen LogP contribution in [0.15, 0.2) is 42.5 Å². The third kappa shape index (κ3) is 3.06. The van der Waals surface area contributed by atoms with Crippen LogP contribution in [0.3, 0.4) is 0 Å². The molecule has 0 amide bonds. The van der Waals surface area contributed by atoms with Crippen LogP contribution >= 0.6 is 0 Å². The van der Waals surface area contributed by atoms with E-state index in [0.717, 1.165) is 18.2 Å². The Kier molecular flexibility index (Phi) is 3.89. The van der Waals surface area contributed by atoms with E-state index in [0.29, 0.717) is 0 Å². The van der Waals surface area contributed by atoms with Gasteiger partial charge in [0, 0.05) is 12.5 Å². The number of ketones is 1. The minimum absolute atomic E-state index is 0.105. The summed E-state index contributed by atoms with van der Waals surface area (Å²) >= 11 is 0. The van der Waals surface area contributed by atoms with Gasteiger partial charge < -0.3 is 4.74 Å². The SMILES string of the molecule is CC(=O)Oc1cccc(C(=O)c2cc(F)ccc2F)c1. The quantitative estimate of drug-likeness (QED) is 0.491. The average molecular weight is 276 g/mol. The summed E-state index contributed by atoms with van der Waals surface area (Å²) < 4.78 is 31.5. The van der Waals surface area contributed by atoms with Crippen molar-refractivity contribution < 1.29 is 23.1 Å². The Balaban J connectivity index is 2.38. The third-order valence-corrected chi connectivity index (χ3v) is 2.53. The summed E-state index contributed by atoms with van der Waals surface area (Å²) in [6.45, 7) is 1.22. The van der Waals surface area contributed by atoms with E-state index in [-0.39, 0.29) is 16.9 Å². The first-order valence-electron chi connectivity index (χ1n) is 5.75. The zero-order chi connectivity index (χ0) is 14.7. The zero-order valence-corrected chi connectivity index (χ0v) is 10.5. The minimum Gasteiger partial charge on any atom is -0.427 e. The van der Waals surface area contributed by atoms with Crippen LogP contribution in [0, 0.1) is 11.6 Å². The molecule has 2 aromatic rings. The summed E-state index contributed by atoms with van der Waals surface area (Å²) in [7, 11) is 0. The highest BCUT2D eigenvalue weighted by atomic mass is 19.1. The summed E-state index contributed by atoms with van der Waals surface area (Å²) in [6.07, 6.45) is 0. The van der Waals surface area contributed by atoms with Crippen molar-refractivity contribution >= 4 is 11.8 Å². The fraction of sp³-hybridized carbons (Fsp3) is 0.0667. The number of ether oxygens (including phenoxy) is 1. The predicted molar refractivity (Wildman–Crippen MR) is 67.5 cm³/mol. The second kappa shape index (κ2) is 5.61. The molecule has 0 aromatic heterocycles. The van der Waals surface area contributed by atoms with Crippen molar-refractivity contribution in [3.63, 3.8) is 0 Å². The van der Waals surface area contributed by atoms with Gasteiger partial charge in [-0.15, -0.1) is 0 Å². The molecule has 5 heteroatoms. The Labute approximate surface area is 113 Å². The van der Waals surface area contributed by atoms with Crippen molar-refractivity contribution in [2.45, 2.75) is 6.92 Å². The number of carbonyl (C=O) groups is 2. The highest BCUT2D eigenvalue weighted by Gasteiger charge is 2.15. The number of hydrogen-bond donors (Lipinski definition) is 0. The summed E-state index contributed by atoms with van der Waals surface area (Å²) in [4.78, 5) is 23.0. The molecular formula is C15H10F2O3. The molecule has 0 radical (unpaired) electrons. The fourth-order valence-corrected chi connectivity index (χ4v) is 1.69. The lowest BCUT2D eigenvalue weighted by atomic mass is 10.0. The van der Waals surface area contributed by atoms with Gasteiger partial charge in [0.05, 0.1) is 5.56 Å². The summed E-state index contributed by atoms with van der Waals surface area (Å²) in [6, 6.07) is 8.35. The minimum atomic E-state index is -0.811. The lowest BCUT2D eigenvalue weighted by molar-refractivity contribution is -0.131. The normalized spacial score (nSPS) is 10.2. The van der Waals surface area contributed by atoms with E-state index in [1.807, 2.05) is 0 Å². The van der Waals surface area contributed by atoms with Gasteiger partial charge in [0.2, 0.25) is 0 Å². The molecule has 3 nitrogen and oxygen atoms in total. The first-order valence-corrected chi connectivity index (χ1v) is 5.75. The molecule has 0 unspecified atom stereocenters. The van der Waals surface area contributed by atoms with Gasteiger partial charge in [-0.2, -0.15) is 0 Å². The highest BCUT2D eigenvalue weighted by molar-refractivity contribution is 6.09. The summed E-state index contributed by atoms with van der Waals surface area (Å²) in [5.41, 5.74) is -0.266. The standard InChI is InChI=1S/C15H10F2O3/c1-9(18)20-12-4-2-3-10(7-12)15(19)13-8-11(16)5-6-14(13)17/h2-8H,1H3. The van der Waals surface area contributed by atoms with Gasteiger partial charge >= 0.3 is 5.97 Å². The van der Waals surface area contributed by atoms with Crippen LogP contribution in [0.1, 0.15) is 22.8 Å². The van der Waals surface area contributed by atoms with E-state index in [9.17, 15) is 18.4 Å². The summed E-state index contributed by atoms with van der Waals surface area (Å²) in [5, 5.41) is 0. The van der Waals surface area contributed by atoms with Crippen LogP contribution in [0.4, 0.5) is 8.78 Å². The maximum atomic E-state index is 13.5. The first-order chi connectivity index (χ1) is 9.47. The molecule has 2 aromatic carbocycles. The Morgan fingerprint density at radius 1 is 1.05 bits per heavy atom. The lowest BCUT2D eigenvalue weighted by Crippen LogP contribution is -2.06. The number of benzene rings is 2. The van der Waals surface area contributed by atoms with Gasteiger partial charge in [-0.1, -0.05) is 12.1 Å². The van der Waals surface area contributed by atoms with Gasteiger partial charge in [-0.05, 0) is 30.3 Å². The van der Waals surface area contributed by atoms with Crippen LogP contribution < -0.4 is 4.74 Å². The van der Waals surface area contributed by atoms with E-state index >= 15 is 0 Å². The highest BCUT2D eigenvalue weighted by Crippen LogP contribution is 2.19. The van der Waals surface area contributed by atoms with Crippen molar-refractivity contribution in [2.75, 3.05) is 0 Å². The largest absolute Gasteiger partial charge is 0.427 e. The number of rotatable bonds is 3. The molecule has 0 aliphatic carbocycles. The average Bonchev–Trinajstić information content (AvgIpc) is 2.40.